The highest BCUT2D eigenvalue weighted by molar-refractivity contribution is 6.33. The van der Waals surface area contributed by atoms with E-state index in [2.05, 4.69) is 67.4 Å². The fraction of sp³-hybridized carbons (Fsp3) is 0.312. The van der Waals surface area contributed by atoms with Crippen LogP contribution in [-0.2, 0) is 0 Å². The first-order chi connectivity index (χ1) is 18.2. The SMILES string of the molecule is C=C(C)c1ccccc1-c1nc2c(cc1Cl)C(N1CCN(C)CC1)=N/C(=C(C)/C=C\C)C(=C)C(C)/C=C\N2. The average Bonchev–Trinajstić information content (AvgIpc) is 2.90. The van der Waals surface area contributed by atoms with Gasteiger partial charge >= 0.3 is 0 Å². The summed E-state index contributed by atoms with van der Waals surface area (Å²) < 4.78 is 0. The maximum absolute atomic E-state index is 7.01. The molecule has 38 heavy (non-hydrogen) atoms. The number of allylic oxidation sites excluding steroid dienone is 6. The molecule has 2 aliphatic heterocycles. The third-order valence-corrected chi connectivity index (χ3v) is 7.42. The van der Waals surface area contributed by atoms with E-state index in [1.165, 1.54) is 0 Å². The number of piperazine rings is 1. The number of aliphatic imine (C=N–C) groups is 1. The van der Waals surface area contributed by atoms with Gasteiger partial charge in [-0.2, -0.15) is 0 Å². The van der Waals surface area contributed by atoms with E-state index in [0.29, 0.717) is 5.02 Å². The van der Waals surface area contributed by atoms with E-state index >= 15 is 0 Å². The Morgan fingerprint density at radius 3 is 2.53 bits per heavy atom. The van der Waals surface area contributed by atoms with Crippen molar-refractivity contribution in [3.63, 3.8) is 0 Å². The molecule has 5 nitrogen and oxygen atoms in total. The topological polar surface area (TPSA) is 43.8 Å². The number of benzene rings is 1. The first-order valence-electron chi connectivity index (χ1n) is 13.2. The summed E-state index contributed by atoms with van der Waals surface area (Å²) in [5.41, 5.74) is 7.49. The van der Waals surface area contributed by atoms with Crippen LogP contribution in [0.15, 0.2) is 89.8 Å². The molecular formula is C32H38ClN5. The molecule has 1 unspecified atom stereocenters. The van der Waals surface area contributed by atoms with Crippen molar-refractivity contribution in [1.29, 1.82) is 0 Å². The summed E-state index contributed by atoms with van der Waals surface area (Å²) in [6, 6.07) is 10.1. The van der Waals surface area contributed by atoms with Crippen molar-refractivity contribution in [3.05, 3.63) is 101 Å². The molecule has 0 saturated carbocycles. The summed E-state index contributed by atoms with van der Waals surface area (Å²) in [5, 5.41) is 4.03. The third kappa shape index (κ3) is 5.85. The highest BCUT2D eigenvalue weighted by Gasteiger charge is 2.26. The van der Waals surface area contributed by atoms with Crippen molar-refractivity contribution in [2.75, 3.05) is 38.5 Å². The number of anilines is 1. The molecule has 1 aromatic carbocycles. The van der Waals surface area contributed by atoms with Crippen LogP contribution in [0.5, 0.6) is 0 Å². The standard InChI is InChI=1S/C32H38ClN5/c1-8-11-23(5)29-24(6)22(4)14-15-34-31-27(32(36-29)38-18-16-37(7)17-19-38)20-28(33)30(35-31)26-13-10-9-12-25(26)21(2)3/h8-15,20,22H,2,6,16-19H2,1,3-5,7H3,(H,34,35)/b11-8-,15-14-,29-23+,36-32?. The smallest absolute Gasteiger partial charge is 0.141 e. The number of rotatable bonds is 3. The van der Waals surface area contributed by atoms with Gasteiger partial charge in [0.2, 0.25) is 0 Å². The van der Waals surface area contributed by atoms with Gasteiger partial charge in [0.1, 0.15) is 11.7 Å². The number of hydrogen-bond donors (Lipinski definition) is 1. The number of aromatic nitrogens is 1. The van der Waals surface area contributed by atoms with Gasteiger partial charge in [-0.25, -0.2) is 9.98 Å². The Bertz CT molecular complexity index is 1360. The Morgan fingerprint density at radius 2 is 1.84 bits per heavy atom. The van der Waals surface area contributed by atoms with Crippen LogP contribution in [0.3, 0.4) is 0 Å². The van der Waals surface area contributed by atoms with E-state index < -0.39 is 0 Å². The minimum Gasteiger partial charge on any atom is -0.353 e. The first-order valence-corrected chi connectivity index (χ1v) is 13.5. The summed E-state index contributed by atoms with van der Waals surface area (Å²) >= 11 is 7.01. The number of nitrogens with zero attached hydrogens (tertiary/aromatic N) is 4. The second kappa shape index (κ2) is 12.0. The van der Waals surface area contributed by atoms with Crippen LogP contribution in [0.4, 0.5) is 5.82 Å². The van der Waals surface area contributed by atoms with E-state index in [1.807, 2.05) is 50.4 Å². The molecule has 0 spiro atoms. The van der Waals surface area contributed by atoms with Gasteiger partial charge in [0.25, 0.3) is 0 Å². The predicted octanol–water partition coefficient (Wildman–Crippen LogP) is 7.41. The average molecular weight is 528 g/mol. The van der Waals surface area contributed by atoms with Crippen LogP contribution < -0.4 is 5.32 Å². The highest BCUT2D eigenvalue weighted by Crippen LogP contribution is 2.36. The number of hydrogen-bond acceptors (Lipinski definition) is 5. The van der Waals surface area contributed by atoms with Crippen molar-refractivity contribution < 1.29 is 0 Å². The molecule has 3 heterocycles. The quantitative estimate of drug-likeness (QED) is 0.451. The molecule has 1 N–H and O–H groups in total. The van der Waals surface area contributed by atoms with Crippen LogP contribution in [0.1, 0.15) is 38.8 Å². The lowest BCUT2D eigenvalue weighted by Crippen LogP contribution is -2.47. The van der Waals surface area contributed by atoms with Crippen LogP contribution in [0, 0.1) is 5.92 Å². The summed E-state index contributed by atoms with van der Waals surface area (Å²) in [7, 11) is 2.15. The molecular weight excluding hydrogens is 490 g/mol. The van der Waals surface area contributed by atoms with Crippen LogP contribution in [0.25, 0.3) is 16.8 Å². The van der Waals surface area contributed by atoms with Crippen LogP contribution in [0.2, 0.25) is 5.02 Å². The molecule has 4 rings (SSSR count). The monoisotopic (exact) mass is 527 g/mol. The zero-order chi connectivity index (χ0) is 27.4. The van der Waals surface area contributed by atoms with Gasteiger partial charge in [-0.1, -0.05) is 79.7 Å². The Labute approximate surface area is 232 Å². The zero-order valence-electron chi connectivity index (χ0n) is 23.2. The normalized spacial score (nSPS) is 21.0. The molecule has 0 bridgehead atoms. The van der Waals surface area contributed by atoms with Gasteiger partial charge in [-0.05, 0) is 56.8 Å². The molecule has 1 saturated heterocycles. The number of halogens is 1. The molecule has 6 heteroatoms. The Hall–Kier alpha value is -3.41. The maximum Gasteiger partial charge on any atom is 0.141 e. The minimum absolute atomic E-state index is 0.0904. The lowest BCUT2D eigenvalue weighted by molar-refractivity contribution is 0.215. The molecule has 1 atom stereocenters. The van der Waals surface area contributed by atoms with E-state index in [9.17, 15) is 0 Å². The molecule has 2 aromatic rings. The molecule has 0 amide bonds. The number of nitrogens with one attached hydrogen (secondary N) is 1. The van der Waals surface area contributed by atoms with Gasteiger partial charge in [0.15, 0.2) is 0 Å². The van der Waals surface area contributed by atoms with E-state index in [1.54, 1.807) is 0 Å². The van der Waals surface area contributed by atoms with Gasteiger partial charge in [-0.15, -0.1) is 0 Å². The van der Waals surface area contributed by atoms with Gasteiger partial charge < -0.3 is 15.1 Å². The third-order valence-electron chi connectivity index (χ3n) is 7.13. The van der Waals surface area contributed by atoms with E-state index in [-0.39, 0.29) is 5.92 Å². The minimum atomic E-state index is 0.0904. The van der Waals surface area contributed by atoms with Gasteiger partial charge in [0, 0.05) is 37.7 Å². The summed E-state index contributed by atoms with van der Waals surface area (Å²) in [6.45, 7) is 20.5. The maximum atomic E-state index is 7.01. The Kier molecular flexibility index (Phi) is 8.70. The number of fused-ring (bicyclic) bond motifs is 1. The lowest BCUT2D eigenvalue weighted by Gasteiger charge is -2.35. The van der Waals surface area contributed by atoms with E-state index in [4.69, 9.17) is 21.6 Å². The van der Waals surface area contributed by atoms with Crippen LogP contribution >= 0.6 is 11.6 Å². The van der Waals surface area contributed by atoms with Crippen molar-refractivity contribution in [3.8, 4) is 11.3 Å². The van der Waals surface area contributed by atoms with Gasteiger partial charge in [-0.3, -0.25) is 0 Å². The Morgan fingerprint density at radius 1 is 1.13 bits per heavy atom. The Balaban J connectivity index is 1.99. The summed E-state index contributed by atoms with van der Waals surface area (Å²) in [6.07, 6.45) is 8.19. The predicted molar refractivity (Wildman–Crippen MR) is 164 cm³/mol. The number of pyridine rings is 1. The molecule has 2 aliphatic rings. The molecule has 198 valence electrons. The number of likely N-dealkylation sites (N-methyl/N-ethyl adjacent to an activating group) is 1. The second-order valence-corrected chi connectivity index (χ2v) is 10.5. The largest absolute Gasteiger partial charge is 0.353 e. The van der Waals surface area contributed by atoms with Crippen LogP contribution in [-0.4, -0.2) is 53.8 Å². The highest BCUT2D eigenvalue weighted by atomic mass is 35.5. The van der Waals surface area contributed by atoms with E-state index in [0.717, 1.165) is 82.6 Å². The fourth-order valence-electron chi connectivity index (χ4n) is 4.79. The van der Waals surface area contributed by atoms with Crippen molar-refractivity contribution in [2.45, 2.75) is 27.7 Å². The van der Waals surface area contributed by atoms with Gasteiger partial charge in [0.05, 0.1) is 22.0 Å². The van der Waals surface area contributed by atoms with Crippen molar-refractivity contribution >= 4 is 28.8 Å². The summed E-state index contributed by atoms with van der Waals surface area (Å²) in [4.78, 5) is 15.1. The van der Waals surface area contributed by atoms with Crippen molar-refractivity contribution in [1.82, 2.24) is 14.8 Å². The fourth-order valence-corrected chi connectivity index (χ4v) is 5.04. The van der Waals surface area contributed by atoms with Crippen molar-refractivity contribution in [2.24, 2.45) is 10.9 Å². The molecule has 0 aliphatic carbocycles. The molecule has 1 aromatic heterocycles. The summed E-state index contributed by atoms with van der Waals surface area (Å²) in [5.74, 6) is 1.67. The lowest BCUT2D eigenvalue weighted by atomic mass is 9.96. The molecule has 0 radical (unpaired) electrons. The zero-order valence-corrected chi connectivity index (χ0v) is 23.9. The molecule has 1 fully saturated rings. The second-order valence-electron chi connectivity index (χ2n) is 10.1. The number of amidine groups is 1. The first kappa shape index (κ1) is 27.6.